The molecule has 1 aromatic carbocycles. The number of amides is 1. The average Bonchev–Trinajstić information content (AvgIpc) is 2.63. The molecule has 1 unspecified atom stereocenters. The van der Waals surface area contributed by atoms with E-state index in [4.69, 9.17) is 0 Å². The number of carbonyl (C=O) groups is 1. The second-order valence-electron chi connectivity index (χ2n) is 4.12. The van der Waals surface area contributed by atoms with Crippen LogP contribution < -0.4 is 0 Å². The lowest BCUT2D eigenvalue weighted by molar-refractivity contribution is -0.128. The van der Waals surface area contributed by atoms with E-state index in [1.807, 2.05) is 0 Å². The lowest BCUT2D eigenvalue weighted by atomic mass is 10.1. The van der Waals surface area contributed by atoms with Gasteiger partial charge in [0.15, 0.2) is 0 Å². The summed E-state index contributed by atoms with van der Waals surface area (Å²) in [6, 6.07) is 6.58. The minimum absolute atomic E-state index is 0.0994. The summed E-state index contributed by atoms with van der Waals surface area (Å²) in [4.78, 5) is 13.3. The molecular weight excluding hydrogens is 225 g/mol. The maximum atomic E-state index is 13.4. The molecule has 0 bridgehead atoms. The predicted molar refractivity (Wildman–Crippen MR) is 63.8 cm³/mol. The number of halogens is 1. The monoisotopic (exact) mass is 239 g/mol. The Morgan fingerprint density at radius 3 is 2.81 bits per heavy atom. The van der Waals surface area contributed by atoms with E-state index in [1.165, 1.54) is 6.07 Å². The minimum atomic E-state index is -0.246. The summed E-state index contributed by atoms with van der Waals surface area (Å²) in [7, 11) is 0. The Bertz CT molecular complexity index is 396. The average molecular weight is 239 g/mol. The number of benzene rings is 1. The van der Waals surface area contributed by atoms with Crippen LogP contribution in [0.15, 0.2) is 24.3 Å². The first-order chi connectivity index (χ1) is 7.70. The molecule has 1 fully saturated rings. The molecule has 16 heavy (non-hydrogen) atoms. The topological polar surface area (TPSA) is 20.3 Å². The van der Waals surface area contributed by atoms with Crippen LogP contribution in [-0.4, -0.2) is 23.1 Å². The molecule has 4 heteroatoms. The first-order valence-electron chi connectivity index (χ1n) is 5.32. The molecule has 0 N–H and O–H groups in total. The van der Waals surface area contributed by atoms with Crippen LogP contribution in [0.3, 0.4) is 0 Å². The van der Waals surface area contributed by atoms with Gasteiger partial charge in [-0.1, -0.05) is 18.2 Å². The van der Waals surface area contributed by atoms with Gasteiger partial charge in [-0.05, 0) is 17.7 Å². The smallest absolute Gasteiger partial charge is 0.223 e. The summed E-state index contributed by atoms with van der Waals surface area (Å²) in [6.45, 7) is 1.06. The minimum Gasteiger partial charge on any atom is -0.338 e. The van der Waals surface area contributed by atoms with Crippen molar-refractivity contribution in [2.24, 2.45) is 5.92 Å². The Morgan fingerprint density at radius 2 is 2.19 bits per heavy atom. The van der Waals surface area contributed by atoms with Gasteiger partial charge in [0.1, 0.15) is 5.82 Å². The van der Waals surface area contributed by atoms with Gasteiger partial charge in [-0.3, -0.25) is 4.79 Å². The van der Waals surface area contributed by atoms with Crippen LogP contribution in [0.1, 0.15) is 12.0 Å². The van der Waals surface area contributed by atoms with E-state index in [9.17, 15) is 9.18 Å². The summed E-state index contributed by atoms with van der Waals surface area (Å²) in [5.41, 5.74) is 0.579. The highest BCUT2D eigenvalue weighted by Gasteiger charge is 2.28. The Morgan fingerprint density at radius 1 is 1.44 bits per heavy atom. The molecular formula is C12H14FNOS. The van der Waals surface area contributed by atoms with Crippen LogP contribution >= 0.6 is 12.6 Å². The van der Waals surface area contributed by atoms with Crippen LogP contribution in [0, 0.1) is 11.7 Å². The molecule has 0 aromatic heterocycles. The zero-order chi connectivity index (χ0) is 11.5. The molecule has 86 valence electrons. The molecule has 1 amide bonds. The van der Waals surface area contributed by atoms with Gasteiger partial charge in [0.05, 0.1) is 0 Å². The molecule has 1 aromatic rings. The highest BCUT2D eigenvalue weighted by atomic mass is 32.1. The van der Waals surface area contributed by atoms with Crippen LogP contribution in [0.5, 0.6) is 0 Å². The van der Waals surface area contributed by atoms with Crippen molar-refractivity contribution in [3.05, 3.63) is 35.6 Å². The number of hydrogen-bond acceptors (Lipinski definition) is 2. The van der Waals surface area contributed by atoms with Gasteiger partial charge >= 0.3 is 0 Å². The third-order valence-corrected chi connectivity index (χ3v) is 3.39. The first-order valence-corrected chi connectivity index (χ1v) is 5.96. The predicted octanol–water partition coefficient (Wildman–Crippen LogP) is 2.10. The van der Waals surface area contributed by atoms with Crippen molar-refractivity contribution < 1.29 is 9.18 Å². The second kappa shape index (κ2) is 4.87. The van der Waals surface area contributed by atoms with E-state index in [0.29, 0.717) is 36.7 Å². The number of hydrogen-bond donors (Lipinski definition) is 1. The third kappa shape index (κ3) is 2.38. The van der Waals surface area contributed by atoms with Gasteiger partial charge in [-0.25, -0.2) is 4.39 Å². The van der Waals surface area contributed by atoms with E-state index in [0.717, 1.165) is 0 Å². The number of rotatable bonds is 3. The molecule has 0 radical (unpaired) electrons. The maximum absolute atomic E-state index is 13.4. The maximum Gasteiger partial charge on any atom is 0.223 e. The standard InChI is InChI=1S/C12H14FNOS/c13-11-4-2-1-3-10(11)7-14-6-9(8-16)5-12(14)15/h1-4,9,16H,5-8H2. The Labute approximate surface area is 99.9 Å². The summed E-state index contributed by atoms with van der Waals surface area (Å²) in [5, 5.41) is 0. The molecule has 2 rings (SSSR count). The molecule has 0 saturated carbocycles. The van der Waals surface area contributed by atoms with E-state index in [-0.39, 0.29) is 11.7 Å². The first kappa shape index (κ1) is 11.5. The second-order valence-corrected chi connectivity index (χ2v) is 4.48. The van der Waals surface area contributed by atoms with Gasteiger partial charge in [-0.15, -0.1) is 0 Å². The van der Waals surface area contributed by atoms with Crippen LogP contribution in [0.2, 0.25) is 0 Å². The largest absolute Gasteiger partial charge is 0.338 e. The van der Waals surface area contributed by atoms with E-state index in [1.54, 1.807) is 23.1 Å². The zero-order valence-electron chi connectivity index (χ0n) is 8.90. The Hall–Kier alpha value is -1.03. The number of nitrogens with zero attached hydrogens (tertiary/aromatic N) is 1. The molecule has 1 saturated heterocycles. The molecule has 0 spiro atoms. The van der Waals surface area contributed by atoms with Gasteiger partial charge in [0, 0.05) is 25.1 Å². The molecule has 1 aliphatic rings. The highest BCUT2D eigenvalue weighted by molar-refractivity contribution is 7.80. The van der Waals surface area contributed by atoms with E-state index < -0.39 is 0 Å². The van der Waals surface area contributed by atoms with Gasteiger partial charge in [0.2, 0.25) is 5.91 Å². The van der Waals surface area contributed by atoms with E-state index >= 15 is 0 Å². The summed E-state index contributed by atoms with van der Waals surface area (Å²) >= 11 is 4.19. The molecule has 1 heterocycles. The van der Waals surface area contributed by atoms with Gasteiger partial charge < -0.3 is 4.90 Å². The zero-order valence-corrected chi connectivity index (χ0v) is 9.79. The molecule has 1 atom stereocenters. The van der Waals surface area contributed by atoms with Crippen molar-refractivity contribution in [1.29, 1.82) is 0 Å². The SMILES string of the molecule is O=C1CC(CS)CN1Cc1ccccc1F. The van der Waals surface area contributed by atoms with Crippen molar-refractivity contribution >= 4 is 18.5 Å². The van der Waals surface area contributed by atoms with E-state index in [2.05, 4.69) is 12.6 Å². The molecule has 0 aliphatic carbocycles. The summed E-state index contributed by atoms with van der Waals surface area (Å²) < 4.78 is 13.4. The molecule has 1 aliphatic heterocycles. The number of thiol groups is 1. The van der Waals surface area contributed by atoms with Crippen molar-refractivity contribution in [1.82, 2.24) is 4.90 Å². The van der Waals surface area contributed by atoms with Crippen LogP contribution in [0.4, 0.5) is 4.39 Å². The highest BCUT2D eigenvalue weighted by Crippen LogP contribution is 2.21. The Balaban J connectivity index is 2.06. The lowest BCUT2D eigenvalue weighted by Crippen LogP contribution is -2.25. The van der Waals surface area contributed by atoms with Gasteiger partial charge in [-0.2, -0.15) is 12.6 Å². The van der Waals surface area contributed by atoms with Crippen molar-refractivity contribution in [3.63, 3.8) is 0 Å². The van der Waals surface area contributed by atoms with Crippen LogP contribution in [-0.2, 0) is 11.3 Å². The Kier molecular flexibility index (Phi) is 3.49. The third-order valence-electron chi connectivity index (χ3n) is 2.87. The normalized spacial score (nSPS) is 20.5. The van der Waals surface area contributed by atoms with Crippen molar-refractivity contribution in [2.45, 2.75) is 13.0 Å². The quantitative estimate of drug-likeness (QED) is 0.801. The fourth-order valence-electron chi connectivity index (χ4n) is 1.96. The van der Waals surface area contributed by atoms with Gasteiger partial charge in [0.25, 0.3) is 0 Å². The van der Waals surface area contributed by atoms with Crippen molar-refractivity contribution in [2.75, 3.05) is 12.3 Å². The molecule has 2 nitrogen and oxygen atoms in total. The van der Waals surface area contributed by atoms with Crippen LogP contribution in [0.25, 0.3) is 0 Å². The summed E-state index contributed by atoms with van der Waals surface area (Å²) in [5.74, 6) is 0.869. The fourth-order valence-corrected chi connectivity index (χ4v) is 2.21. The number of likely N-dealkylation sites (tertiary alicyclic amines) is 1. The van der Waals surface area contributed by atoms with Crippen molar-refractivity contribution in [3.8, 4) is 0 Å². The fraction of sp³-hybridized carbons (Fsp3) is 0.417. The summed E-state index contributed by atoms with van der Waals surface area (Å²) in [6.07, 6.45) is 0.540. The lowest BCUT2D eigenvalue weighted by Gasteiger charge is -2.16. The number of carbonyl (C=O) groups excluding carboxylic acids is 1.